The van der Waals surface area contributed by atoms with Crippen molar-refractivity contribution in [1.29, 1.82) is 0 Å². The second-order valence-corrected chi connectivity index (χ2v) is 8.25. The van der Waals surface area contributed by atoms with E-state index in [9.17, 15) is 39.3 Å². The van der Waals surface area contributed by atoms with E-state index in [1.807, 2.05) is 6.92 Å². The van der Waals surface area contributed by atoms with Crippen molar-refractivity contribution in [2.45, 2.75) is 19.4 Å². The van der Waals surface area contributed by atoms with Gasteiger partial charge in [0.25, 0.3) is 0 Å². The molecular weight excluding hydrogens is 652 g/mol. The molecule has 1 rings (SSSR count). The molecule has 0 aliphatic rings. The number of hydrogen-bond acceptors (Lipinski definition) is 9. The fourth-order valence-corrected chi connectivity index (χ4v) is 3.73. The topological polar surface area (TPSA) is 205 Å². The summed E-state index contributed by atoms with van der Waals surface area (Å²) in [5.41, 5.74) is 0.725. The molecule has 1 radical (unpaired) electrons. The molecule has 0 unspecified atom stereocenters. The Morgan fingerprint density at radius 2 is 1.13 bits per heavy atom. The van der Waals surface area contributed by atoms with Crippen LogP contribution in [0.5, 0.6) is 5.75 Å². The molecule has 0 aromatic heterocycles. The number of carbonyl (C=O) groups is 5. The van der Waals surface area contributed by atoms with E-state index in [-0.39, 0.29) is 66.0 Å². The van der Waals surface area contributed by atoms with Gasteiger partial charge in [0, 0.05) is 25.7 Å². The summed E-state index contributed by atoms with van der Waals surface area (Å²) in [7, 11) is 0. The molecule has 1 aromatic carbocycles. The van der Waals surface area contributed by atoms with Gasteiger partial charge in [-0.1, -0.05) is 12.1 Å². The van der Waals surface area contributed by atoms with Gasteiger partial charge in [-0.25, -0.2) is 0 Å². The Morgan fingerprint density at radius 1 is 0.711 bits per heavy atom. The van der Waals surface area contributed by atoms with Gasteiger partial charge < -0.3 is 30.3 Å². The summed E-state index contributed by atoms with van der Waals surface area (Å²) in [5.74, 6) is -5.65. The van der Waals surface area contributed by atoms with Crippen molar-refractivity contribution in [1.82, 2.24) is 14.7 Å². The average molecular weight is 685 g/mol. The van der Waals surface area contributed by atoms with Crippen LogP contribution in [0.15, 0.2) is 24.3 Å². The zero-order valence-electron chi connectivity index (χ0n) is 20.8. The Kier molecular flexibility index (Phi) is 17.6. The largest absolute Gasteiger partial charge is 3.00 e. The van der Waals surface area contributed by atoms with Crippen LogP contribution in [0.25, 0.3) is 0 Å². The summed E-state index contributed by atoms with van der Waals surface area (Å²) < 4.78 is 5.41. The van der Waals surface area contributed by atoms with Gasteiger partial charge in [-0.05, 0) is 31.0 Å². The molecule has 15 heteroatoms. The van der Waals surface area contributed by atoms with E-state index in [4.69, 9.17) is 14.9 Å². The van der Waals surface area contributed by atoms with Crippen LogP contribution in [-0.2, 0) is 30.4 Å². The first-order valence-corrected chi connectivity index (χ1v) is 11.4. The van der Waals surface area contributed by atoms with Gasteiger partial charge in [-0.2, -0.15) is 0 Å². The maximum Gasteiger partial charge on any atom is 3.00 e. The molecule has 14 nitrogen and oxygen atoms in total. The molecule has 0 spiro atoms. The Bertz CT molecular complexity index is 898. The number of ether oxygens (including phenoxy) is 1. The van der Waals surface area contributed by atoms with Crippen LogP contribution in [0.1, 0.15) is 12.5 Å². The van der Waals surface area contributed by atoms with Gasteiger partial charge in [0.15, 0.2) is 0 Å². The first-order valence-electron chi connectivity index (χ1n) is 11.4. The monoisotopic (exact) mass is 685 g/mol. The summed E-state index contributed by atoms with van der Waals surface area (Å²) in [5, 5.41) is 46.2. The van der Waals surface area contributed by atoms with Crippen molar-refractivity contribution in [3.63, 3.8) is 0 Å². The fourth-order valence-electron chi connectivity index (χ4n) is 3.73. The minimum absolute atomic E-state index is 0. The molecule has 5 N–H and O–H groups in total. The summed E-state index contributed by atoms with van der Waals surface area (Å²) >= 11 is 0. The van der Waals surface area contributed by atoms with Gasteiger partial charge in [-0.3, -0.25) is 38.7 Å². The number of nitrogens with zero attached hydrogens (tertiary/aromatic N) is 3. The molecule has 0 aliphatic heterocycles. The Morgan fingerprint density at radius 3 is 1.55 bits per heavy atom. The maximum atomic E-state index is 11.5. The molecule has 1 aromatic rings. The third-order valence-electron chi connectivity index (χ3n) is 5.18. The predicted molar refractivity (Wildman–Crippen MR) is 128 cm³/mol. The van der Waals surface area contributed by atoms with Crippen LogP contribution in [0, 0.1) is 39.9 Å². The van der Waals surface area contributed by atoms with Crippen LogP contribution in [-0.4, -0.2) is 135 Å². The molecular formula is C23H33GdN3O11+3. The van der Waals surface area contributed by atoms with E-state index in [0.717, 1.165) is 10.5 Å². The van der Waals surface area contributed by atoms with Crippen molar-refractivity contribution in [2.24, 2.45) is 0 Å². The molecule has 0 aliphatic carbocycles. The third kappa shape index (κ3) is 15.7. The standard InChI is InChI=1S/C23H33N3O11.Gd/c1-2-37-18-5-3-16(4-6-18)9-17(26(14-22(33)34)15-23(35)36)10-24(11-19(27)28)7-8-25(12-20(29)30)13-21(31)32;/h3-6,17H,2,7-15H2,1H3,(H,27,28)(H,29,30)(H,31,32)(H,33,34)(H,35,36);/q;+3/t17-;/m0./s1. The summed E-state index contributed by atoms with van der Waals surface area (Å²) in [6.45, 7) is -0.837. The van der Waals surface area contributed by atoms with E-state index >= 15 is 0 Å². The molecule has 1 atom stereocenters. The summed E-state index contributed by atoms with van der Waals surface area (Å²) in [4.78, 5) is 60.4. The number of carboxylic acid groups (broad SMARTS) is 5. The van der Waals surface area contributed by atoms with Crippen molar-refractivity contribution >= 4 is 29.8 Å². The van der Waals surface area contributed by atoms with E-state index < -0.39 is 68.6 Å². The van der Waals surface area contributed by atoms with E-state index in [1.54, 1.807) is 24.3 Å². The average Bonchev–Trinajstić information content (AvgIpc) is 2.76. The molecule has 0 amide bonds. The van der Waals surface area contributed by atoms with Crippen LogP contribution in [0.2, 0.25) is 0 Å². The fraction of sp³-hybridized carbons (Fsp3) is 0.522. The number of aliphatic carboxylic acids is 5. The van der Waals surface area contributed by atoms with Crippen LogP contribution >= 0.6 is 0 Å². The van der Waals surface area contributed by atoms with Crippen molar-refractivity contribution < 1.29 is 94.2 Å². The van der Waals surface area contributed by atoms with Crippen molar-refractivity contribution in [3.05, 3.63) is 29.8 Å². The van der Waals surface area contributed by atoms with Crippen LogP contribution in [0.3, 0.4) is 0 Å². The van der Waals surface area contributed by atoms with Gasteiger partial charge in [0.05, 0.1) is 39.3 Å². The van der Waals surface area contributed by atoms with E-state index in [0.29, 0.717) is 12.4 Å². The predicted octanol–water partition coefficient (Wildman–Crippen LogP) is -0.675. The van der Waals surface area contributed by atoms with Crippen LogP contribution < -0.4 is 4.74 Å². The minimum Gasteiger partial charge on any atom is -0.494 e. The zero-order chi connectivity index (χ0) is 28.0. The molecule has 0 saturated heterocycles. The van der Waals surface area contributed by atoms with E-state index in [2.05, 4.69) is 0 Å². The van der Waals surface area contributed by atoms with Crippen molar-refractivity contribution in [3.8, 4) is 5.75 Å². The number of rotatable bonds is 20. The van der Waals surface area contributed by atoms with Gasteiger partial charge in [0.2, 0.25) is 0 Å². The number of carboxylic acids is 5. The second-order valence-electron chi connectivity index (χ2n) is 8.25. The Labute approximate surface area is 251 Å². The molecule has 38 heavy (non-hydrogen) atoms. The molecule has 0 saturated carbocycles. The second kappa shape index (κ2) is 18.8. The third-order valence-corrected chi connectivity index (χ3v) is 5.18. The normalized spacial score (nSPS) is 11.7. The minimum atomic E-state index is -1.27. The first kappa shape index (κ1) is 35.6. The molecule has 211 valence electrons. The first-order chi connectivity index (χ1) is 17.4. The maximum absolute atomic E-state index is 11.5. The summed E-state index contributed by atoms with van der Waals surface area (Å²) in [6, 6.07) is 6.14. The molecule has 0 heterocycles. The quantitative estimate of drug-likeness (QED) is 0.116. The smallest absolute Gasteiger partial charge is 0.494 e. The summed E-state index contributed by atoms with van der Waals surface area (Å²) in [6.07, 6.45) is 0.178. The Balaban J connectivity index is 0.0000137. The zero-order valence-corrected chi connectivity index (χ0v) is 23.1. The van der Waals surface area contributed by atoms with E-state index in [1.165, 1.54) is 9.80 Å². The van der Waals surface area contributed by atoms with Crippen LogP contribution in [0.4, 0.5) is 0 Å². The number of hydrogen-bond donors (Lipinski definition) is 5. The molecule has 0 fully saturated rings. The van der Waals surface area contributed by atoms with Gasteiger partial charge >= 0.3 is 69.8 Å². The van der Waals surface area contributed by atoms with Gasteiger partial charge in [0.1, 0.15) is 5.75 Å². The molecule has 0 bridgehead atoms. The van der Waals surface area contributed by atoms with Gasteiger partial charge in [-0.15, -0.1) is 0 Å². The SMILES string of the molecule is CCOc1ccc(C[C@@H](CN(CCN(CC(=O)O)CC(=O)O)CC(=O)O)N(CC(=O)O)CC(=O)O)cc1.[Gd+3]. The number of benzene rings is 1. The Hall–Kier alpha value is -2.43. The van der Waals surface area contributed by atoms with Crippen molar-refractivity contribution in [2.75, 3.05) is 59.0 Å².